The monoisotopic (exact) mass is 308 g/mol. The summed E-state index contributed by atoms with van der Waals surface area (Å²) in [7, 11) is 1.60. The average Bonchev–Trinajstić information content (AvgIpc) is 2.56. The highest BCUT2D eigenvalue weighted by molar-refractivity contribution is 5.73. The Labute approximate surface area is 131 Å². The summed E-state index contributed by atoms with van der Waals surface area (Å²) < 4.78 is 10.8. The Morgan fingerprint density at radius 3 is 2.86 bits per heavy atom. The van der Waals surface area contributed by atoms with E-state index in [2.05, 4.69) is 5.32 Å². The van der Waals surface area contributed by atoms with Gasteiger partial charge in [-0.05, 0) is 44.4 Å². The van der Waals surface area contributed by atoms with Gasteiger partial charge in [0.25, 0.3) is 0 Å². The molecule has 1 N–H and O–H groups in total. The molecule has 22 heavy (non-hydrogen) atoms. The van der Waals surface area contributed by atoms with Gasteiger partial charge in [0, 0.05) is 0 Å². The molecule has 1 heterocycles. The number of hydroxylamine groups is 2. The molecule has 0 bridgehead atoms. The Bertz CT molecular complexity index is 501. The van der Waals surface area contributed by atoms with Crippen molar-refractivity contribution in [1.82, 2.24) is 10.4 Å². The van der Waals surface area contributed by atoms with Crippen LogP contribution < -0.4 is 14.8 Å². The number of nitrogens with one attached hydrogen (secondary N) is 1. The summed E-state index contributed by atoms with van der Waals surface area (Å²) in [5.74, 6) is 1.36. The van der Waals surface area contributed by atoms with Crippen molar-refractivity contribution < 1.29 is 19.1 Å². The van der Waals surface area contributed by atoms with Gasteiger partial charge in [0.05, 0.1) is 32.9 Å². The molecule has 0 unspecified atom stereocenters. The van der Waals surface area contributed by atoms with E-state index in [9.17, 15) is 4.79 Å². The minimum absolute atomic E-state index is 0.150. The third kappa shape index (κ3) is 4.04. The second-order valence-electron chi connectivity index (χ2n) is 5.16. The molecule has 0 saturated carbocycles. The van der Waals surface area contributed by atoms with Crippen LogP contribution in [0, 0.1) is 0 Å². The first-order chi connectivity index (χ1) is 10.7. The molecule has 122 valence electrons. The Morgan fingerprint density at radius 1 is 1.41 bits per heavy atom. The van der Waals surface area contributed by atoms with E-state index in [1.807, 2.05) is 32.0 Å². The molecule has 6 nitrogen and oxygen atoms in total. The summed E-state index contributed by atoms with van der Waals surface area (Å²) in [5.41, 5.74) is 0.950. The average molecular weight is 308 g/mol. The van der Waals surface area contributed by atoms with E-state index in [0.29, 0.717) is 31.3 Å². The second kappa shape index (κ2) is 7.89. The van der Waals surface area contributed by atoms with Gasteiger partial charge in [-0.1, -0.05) is 6.07 Å². The molecule has 2 rings (SSSR count). The molecule has 2 amide bonds. The number of nitrogens with zero attached hydrogens (tertiary/aromatic N) is 1. The van der Waals surface area contributed by atoms with Crippen molar-refractivity contribution in [3.05, 3.63) is 23.8 Å². The molecule has 1 atom stereocenters. The number of amides is 2. The maximum absolute atomic E-state index is 12.1. The zero-order valence-corrected chi connectivity index (χ0v) is 13.4. The topological polar surface area (TPSA) is 60.0 Å². The minimum atomic E-state index is -0.208. The number of hydrogen-bond donors (Lipinski definition) is 1. The Hall–Kier alpha value is -1.95. The van der Waals surface area contributed by atoms with Crippen molar-refractivity contribution in [1.29, 1.82) is 0 Å². The Morgan fingerprint density at radius 2 is 2.23 bits per heavy atom. The van der Waals surface area contributed by atoms with Crippen LogP contribution in [0.1, 0.15) is 38.3 Å². The van der Waals surface area contributed by atoms with Crippen LogP contribution in [0.25, 0.3) is 0 Å². The second-order valence-corrected chi connectivity index (χ2v) is 5.16. The van der Waals surface area contributed by atoms with Gasteiger partial charge in [0.15, 0.2) is 11.5 Å². The molecular weight excluding hydrogens is 284 g/mol. The third-order valence-electron chi connectivity index (χ3n) is 3.56. The lowest BCUT2D eigenvalue weighted by molar-refractivity contribution is -0.139. The summed E-state index contributed by atoms with van der Waals surface area (Å²) in [6.45, 7) is 5.66. The maximum Gasteiger partial charge on any atom is 0.341 e. The van der Waals surface area contributed by atoms with Gasteiger partial charge in [0.2, 0.25) is 0 Å². The van der Waals surface area contributed by atoms with Gasteiger partial charge in [-0.3, -0.25) is 4.84 Å². The van der Waals surface area contributed by atoms with E-state index in [0.717, 1.165) is 18.4 Å². The Balaban J connectivity index is 2.02. The van der Waals surface area contributed by atoms with Crippen LogP contribution in [0.2, 0.25) is 0 Å². The number of carbonyl (C=O) groups excluding carboxylic acids is 1. The van der Waals surface area contributed by atoms with Crippen LogP contribution in [0.5, 0.6) is 11.5 Å². The lowest BCUT2D eigenvalue weighted by Crippen LogP contribution is -2.43. The van der Waals surface area contributed by atoms with E-state index in [4.69, 9.17) is 14.3 Å². The van der Waals surface area contributed by atoms with Crippen LogP contribution >= 0.6 is 0 Å². The molecule has 6 heteroatoms. The van der Waals surface area contributed by atoms with Crippen molar-refractivity contribution in [2.45, 2.75) is 32.7 Å². The molecule has 0 aliphatic carbocycles. The fourth-order valence-corrected chi connectivity index (χ4v) is 2.33. The summed E-state index contributed by atoms with van der Waals surface area (Å²) in [4.78, 5) is 17.5. The predicted molar refractivity (Wildman–Crippen MR) is 83.0 cm³/mol. The summed E-state index contributed by atoms with van der Waals surface area (Å²) in [5, 5.41) is 4.33. The number of rotatable bonds is 5. The summed E-state index contributed by atoms with van der Waals surface area (Å²) in [6, 6.07) is 5.31. The lowest BCUT2D eigenvalue weighted by atomic mass is 10.1. The molecule has 1 aromatic carbocycles. The molecular formula is C16H24N2O4. The number of benzene rings is 1. The number of urea groups is 1. The maximum atomic E-state index is 12.1. The molecule has 0 aromatic heterocycles. The highest BCUT2D eigenvalue weighted by atomic mass is 16.7. The number of hydrogen-bond acceptors (Lipinski definition) is 4. The van der Waals surface area contributed by atoms with Gasteiger partial charge >= 0.3 is 6.03 Å². The van der Waals surface area contributed by atoms with E-state index in [1.54, 1.807) is 7.11 Å². The SMILES string of the molecule is CCOc1ccc([C@H](C)NC(=O)N2CCCCO2)cc1OC. The van der Waals surface area contributed by atoms with Crippen LogP contribution in [0.15, 0.2) is 18.2 Å². The normalized spacial score (nSPS) is 16.0. The molecule has 0 spiro atoms. The number of ether oxygens (including phenoxy) is 2. The van der Waals surface area contributed by atoms with E-state index in [-0.39, 0.29) is 12.1 Å². The van der Waals surface area contributed by atoms with Crippen molar-refractivity contribution in [3.8, 4) is 11.5 Å². The highest BCUT2D eigenvalue weighted by Crippen LogP contribution is 2.30. The largest absolute Gasteiger partial charge is 0.493 e. The van der Waals surface area contributed by atoms with Crippen LogP contribution in [-0.4, -0.2) is 38.0 Å². The van der Waals surface area contributed by atoms with E-state index < -0.39 is 0 Å². The quantitative estimate of drug-likeness (QED) is 0.908. The van der Waals surface area contributed by atoms with Crippen molar-refractivity contribution >= 4 is 6.03 Å². The highest BCUT2D eigenvalue weighted by Gasteiger charge is 2.20. The van der Waals surface area contributed by atoms with Gasteiger partial charge in [-0.2, -0.15) is 0 Å². The van der Waals surface area contributed by atoms with E-state index in [1.165, 1.54) is 5.06 Å². The summed E-state index contributed by atoms with van der Waals surface area (Å²) >= 11 is 0. The molecule has 1 fully saturated rings. The Kier molecular flexibility index (Phi) is 5.89. The first kappa shape index (κ1) is 16.4. The standard InChI is InChI=1S/C16H24N2O4/c1-4-21-14-8-7-13(11-15(14)20-3)12(2)17-16(19)18-9-5-6-10-22-18/h7-8,11-12H,4-6,9-10H2,1-3H3,(H,17,19)/t12-/m0/s1. The van der Waals surface area contributed by atoms with Crippen LogP contribution in [-0.2, 0) is 4.84 Å². The minimum Gasteiger partial charge on any atom is -0.493 e. The fourth-order valence-electron chi connectivity index (χ4n) is 2.33. The van der Waals surface area contributed by atoms with Crippen LogP contribution in [0.3, 0.4) is 0 Å². The lowest BCUT2D eigenvalue weighted by Gasteiger charge is -2.27. The predicted octanol–water partition coefficient (Wildman–Crippen LogP) is 2.89. The fraction of sp³-hybridized carbons (Fsp3) is 0.562. The van der Waals surface area contributed by atoms with Gasteiger partial charge in [-0.25, -0.2) is 9.86 Å². The zero-order chi connectivity index (χ0) is 15.9. The molecule has 1 saturated heterocycles. The van der Waals surface area contributed by atoms with Gasteiger partial charge in [-0.15, -0.1) is 0 Å². The zero-order valence-electron chi connectivity index (χ0n) is 13.4. The molecule has 1 aromatic rings. The van der Waals surface area contributed by atoms with Crippen molar-refractivity contribution in [3.63, 3.8) is 0 Å². The van der Waals surface area contributed by atoms with Gasteiger partial charge < -0.3 is 14.8 Å². The third-order valence-corrected chi connectivity index (χ3v) is 3.56. The molecule has 1 aliphatic heterocycles. The number of carbonyl (C=O) groups is 1. The van der Waals surface area contributed by atoms with Crippen LogP contribution in [0.4, 0.5) is 4.79 Å². The van der Waals surface area contributed by atoms with Crippen molar-refractivity contribution in [2.75, 3.05) is 26.9 Å². The van der Waals surface area contributed by atoms with Gasteiger partial charge in [0.1, 0.15) is 0 Å². The summed E-state index contributed by atoms with van der Waals surface area (Å²) in [6.07, 6.45) is 1.97. The van der Waals surface area contributed by atoms with E-state index >= 15 is 0 Å². The first-order valence-corrected chi connectivity index (χ1v) is 7.67. The first-order valence-electron chi connectivity index (χ1n) is 7.67. The molecule has 0 radical (unpaired) electrons. The van der Waals surface area contributed by atoms with Crippen molar-refractivity contribution in [2.24, 2.45) is 0 Å². The smallest absolute Gasteiger partial charge is 0.341 e. The number of methoxy groups -OCH3 is 1. The molecule has 1 aliphatic rings.